The number of nitrogens with zero attached hydrogens (tertiary/aromatic N) is 3. The average molecular weight is 387 g/mol. The summed E-state index contributed by atoms with van der Waals surface area (Å²) in [6, 6.07) is 16.8. The first kappa shape index (κ1) is 20.5. The molecule has 0 amide bonds. The van der Waals surface area contributed by atoms with Gasteiger partial charge in [0.25, 0.3) is 0 Å². The fourth-order valence-electron chi connectivity index (χ4n) is 3.52. The van der Waals surface area contributed by atoms with E-state index in [2.05, 4.69) is 104 Å². The summed E-state index contributed by atoms with van der Waals surface area (Å²) >= 11 is 0. The Balaban J connectivity index is 1.77. The smallest absolute Gasteiger partial charge is 0.159 e. The van der Waals surface area contributed by atoms with Crippen LogP contribution in [-0.4, -0.2) is 22.6 Å². The SMILES string of the molecule is C=C(Nc1ccc(N(CC)CC)cc1)c1nccn1/C=C(\C)c1ccccc1C. The third-order valence-electron chi connectivity index (χ3n) is 5.13. The monoisotopic (exact) mass is 386 g/mol. The molecule has 0 aliphatic carbocycles. The van der Waals surface area contributed by atoms with Crippen LogP contribution in [0.2, 0.25) is 0 Å². The van der Waals surface area contributed by atoms with Gasteiger partial charge in [-0.1, -0.05) is 30.8 Å². The summed E-state index contributed by atoms with van der Waals surface area (Å²) in [6.07, 6.45) is 5.85. The van der Waals surface area contributed by atoms with Crippen LogP contribution >= 0.6 is 0 Å². The quantitative estimate of drug-likeness (QED) is 0.505. The van der Waals surface area contributed by atoms with E-state index in [9.17, 15) is 0 Å². The van der Waals surface area contributed by atoms with Crippen LogP contribution in [0.25, 0.3) is 17.5 Å². The number of imidazole rings is 1. The topological polar surface area (TPSA) is 33.1 Å². The molecule has 1 N–H and O–H groups in total. The van der Waals surface area contributed by atoms with E-state index >= 15 is 0 Å². The fourth-order valence-corrected chi connectivity index (χ4v) is 3.52. The van der Waals surface area contributed by atoms with Crippen molar-refractivity contribution < 1.29 is 0 Å². The van der Waals surface area contributed by atoms with Crippen molar-refractivity contribution in [1.29, 1.82) is 0 Å². The van der Waals surface area contributed by atoms with Gasteiger partial charge in [0.1, 0.15) is 0 Å². The van der Waals surface area contributed by atoms with Crippen LogP contribution in [0.3, 0.4) is 0 Å². The van der Waals surface area contributed by atoms with Gasteiger partial charge in [-0.2, -0.15) is 0 Å². The first-order valence-electron chi connectivity index (χ1n) is 10.1. The molecule has 0 radical (unpaired) electrons. The third kappa shape index (κ3) is 4.77. The molecular formula is C25H30N4. The Morgan fingerprint density at radius 1 is 1.10 bits per heavy atom. The summed E-state index contributed by atoms with van der Waals surface area (Å²) in [5, 5.41) is 3.39. The number of nitrogens with one attached hydrogen (secondary N) is 1. The zero-order valence-electron chi connectivity index (χ0n) is 17.8. The standard InChI is InChI=1S/C25H30N4/c1-6-28(7-2)23-14-12-22(13-15-23)27-21(5)25-26-16-17-29(25)18-20(4)24-11-9-8-10-19(24)3/h8-18,27H,5-7H2,1-4H3/b20-18+. The number of anilines is 2. The molecule has 0 spiro atoms. The number of aromatic nitrogens is 2. The van der Waals surface area contributed by atoms with Crippen LogP contribution in [0.1, 0.15) is 37.7 Å². The highest BCUT2D eigenvalue weighted by atomic mass is 15.1. The highest BCUT2D eigenvalue weighted by Crippen LogP contribution is 2.23. The minimum absolute atomic E-state index is 0.763. The van der Waals surface area contributed by atoms with Crippen LogP contribution in [0.15, 0.2) is 67.5 Å². The Bertz CT molecular complexity index is 992. The highest BCUT2D eigenvalue weighted by molar-refractivity contribution is 5.79. The molecule has 2 aromatic carbocycles. The molecule has 29 heavy (non-hydrogen) atoms. The fraction of sp³-hybridized carbons (Fsp3) is 0.240. The minimum atomic E-state index is 0.763. The van der Waals surface area contributed by atoms with Crippen LogP contribution < -0.4 is 10.2 Å². The summed E-state index contributed by atoms with van der Waals surface area (Å²) in [5.74, 6) is 0.797. The van der Waals surface area contributed by atoms with Gasteiger partial charge in [-0.05, 0) is 68.7 Å². The Kier molecular flexibility index (Phi) is 6.55. The van der Waals surface area contributed by atoms with Gasteiger partial charge in [0.15, 0.2) is 5.82 Å². The number of allylic oxidation sites excluding steroid dienone is 1. The maximum atomic E-state index is 4.50. The van der Waals surface area contributed by atoms with Crippen molar-refractivity contribution >= 4 is 28.8 Å². The number of aryl methyl sites for hydroxylation is 1. The molecular weight excluding hydrogens is 356 g/mol. The summed E-state index contributed by atoms with van der Waals surface area (Å²) < 4.78 is 2.02. The van der Waals surface area contributed by atoms with Crippen molar-refractivity contribution in [3.05, 3.63) is 84.5 Å². The lowest BCUT2D eigenvalue weighted by Crippen LogP contribution is -2.21. The van der Waals surface area contributed by atoms with Crippen molar-refractivity contribution in [2.24, 2.45) is 0 Å². The Labute approximate surface area is 174 Å². The summed E-state index contributed by atoms with van der Waals surface area (Å²) in [4.78, 5) is 6.83. The lowest BCUT2D eigenvalue weighted by atomic mass is 10.0. The molecule has 0 aliphatic rings. The molecule has 0 unspecified atom stereocenters. The van der Waals surface area contributed by atoms with Crippen LogP contribution in [-0.2, 0) is 0 Å². The maximum absolute atomic E-state index is 4.50. The molecule has 0 saturated heterocycles. The van der Waals surface area contributed by atoms with Gasteiger partial charge in [0.05, 0.1) is 5.70 Å². The Morgan fingerprint density at radius 3 is 2.45 bits per heavy atom. The molecule has 4 heteroatoms. The second kappa shape index (κ2) is 9.28. The Hall–Kier alpha value is -3.27. The molecule has 0 fully saturated rings. The van der Waals surface area contributed by atoms with E-state index in [-0.39, 0.29) is 0 Å². The van der Waals surface area contributed by atoms with Gasteiger partial charge >= 0.3 is 0 Å². The van der Waals surface area contributed by atoms with Crippen LogP contribution in [0.5, 0.6) is 0 Å². The van der Waals surface area contributed by atoms with E-state index in [4.69, 9.17) is 0 Å². The highest BCUT2D eigenvalue weighted by Gasteiger charge is 2.08. The predicted molar refractivity (Wildman–Crippen MR) is 126 cm³/mol. The van der Waals surface area contributed by atoms with Gasteiger partial charge in [0, 0.05) is 43.1 Å². The molecule has 0 atom stereocenters. The van der Waals surface area contributed by atoms with Crippen molar-refractivity contribution in [3.8, 4) is 0 Å². The van der Waals surface area contributed by atoms with Crippen molar-refractivity contribution in [3.63, 3.8) is 0 Å². The number of benzene rings is 2. The lowest BCUT2D eigenvalue weighted by molar-refractivity contribution is 0.866. The summed E-state index contributed by atoms with van der Waals surface area (Å²) in [5.41, 5.74) is 6.66. The lowest BCUT2D eigenvalue weighted by Gasteiger charge is -2.21. The molecule has 150 valence electrons. The van der Waals surface area contributed by atoms with Crippen molar-refractivity contribution in [2.75, 3.05) is 23.3 Å². The predicted octanol–water partition coefficient (Wildman–Crippen LogP) is 6.14. The van der Waals surface area contributed by atoms with E-state index < -0.39 is 0 Å². The molecule has 0 aliphatic heterocycles. The second-order valence-corrected chi connectivity index (χ2v) is 7.11. The van der Waals surface area contributed by atoms with E-state index in [1.807, 2.05) is 10.8 Å². The van der Waals surface area contributed by atoms with E-state index in [1.54, 1.807) is 6.20 Å². The second-order valence-electron chi connectivity index (χ2n) is 7.11. The van der Waals surface area contributed by atoms with Gasteiger partial charge in [-0.25, -0.2) is 4.98 Å². The molecule has 1 heterocycles. The molecule has 0 bridgehead atoms. The van der Waals surface area contributed by atoms with Gasteiger partial charge in [0.2, 0.25) is 0 Å². The number of hydrogen-bond acceptors (Lipinski definition) is 3. The minimum Gasteiger partial charge on any atom is -0.372 e. The van der Waals surface area contributed by atoms with E-state index in [0.717, 1.165) is 30.3 Å². The Morgan fingerprint density at radius 2 is 1.79 bits per heavy atom. The molecule has 3 aromatic rings. The zero-order chi connectivity index (χ0) is 20.8. The van der Waals surface area contributed by atoms with Crippen LogP contribution in [0.4, 0.5) is 11.4 Å². The van der Waals surface area contributed by atoms with Crippen molar-refractivity contribution in [2.45, 2.75) is 27.7 Å². The summed E-state index contributed by atoms with van der Waals surface area (Å²) in [7, 11) is 0. The zero-order valence-corrected chi connectivity index (χ0v) is 17.8. The van der Waals surface area contributed by atoms with Crippen molar-refractivity contribution in [1.82, 2.24) is 9.55 Å². The maximum Gasteiger partial charge on any atom is 0.159 e. The molecule has 0 saturated carbocycles. The van der Waals surface area contributed by atoms with Gasteiger partial charge in [-0.15, -0.1) is 0 Å². The van der Waals surface area contributed by atoms with Gasteiger partial charge in [-0.3, -0.25) is 0 Å². The first-order chi connectivity index (χ1) is 14.0. The van der Waals surface area contributed by atoms with E-state index in [1.165, 1.54) is 22.4 Å². The normalized spacial score (nSPS) is 11.4. The van der Waals surface area contributed by atoms with Crippen LogP contribution in [0, 0.1) is 6.92 Å². The van der Waals surface area contributed by atoms with Gasteiger partial charge < -0.3 is 14.8 Å². The number of rotatable bonds is 8. The number of hydrogen-bond donors (Lipinski definition) is 1. The third-order valence-corrected chi connectivity index (χ3v) is 5.13. The van der Waals surface area contributed by atoms with E-state index in [0.29, 0.717) is 0 Å². The first-order valence-corrected chi connectivity index (χ1v) is 10.1. The molecule has 1 aromatic heterocycles. The average Bonchev–Trinajstić information content (AvgIpc) is 3.18. The summed E-state index contributed by atoms with van der Waals surface area (Å²) in [6.45, 7) is 14.8. The molecule has 4 nitrogen and oxygen atoms in total. The molecule has 3 rings (SSSR count). The largest absolute Gasteiger partial charge is 0.372 e.